The highest BCUT2D eigenvalue weighted by Gasteiger charge is 2.38. The molecule has 2 unspecified atom stereocenters. The molecule has 1 rings (SSSR count). The Morgan fingerprint density at radius 2 is 2.33 bits per heavy atom. The van der Waals surface area contributed by atoms with Crippen LogP contribution in [0, 0.1) is 0 Å². The molecule has 7 heteroatoms. The number of hydrogen-bond donors (Lipinski definition) is 2. The van der Waals surface area contributed by atoms with Crippen molar-refractivity contribution in [2.45, 2.75) is 24.5 Å². The number of azide groups is 1. The van der Waals surface area contributed by atoms with Crippen LogP contribution in [0.5, 0.6) is 0 Å². The van der Waals surface area contributed by atoms with Crippen LogP contribution >= 0.6 is 0 Å². The summed E-state index contributed by atoms with van der Waals surface area (Å²) in [5, 5.41) is 22.4. The Bertz CT molecular complexity index is 267. The fourth-order valence-electron chi connectivity index (χ4n) is 1.26. The Labute approximate surface area is 86.5 Å². The number of aliphatic hydroxyl groups is 2. The third-order valence-corrected chi connectivity index (χ3v) is 2.03. The molecule has 84 valence electrons. The lowest BCUT2D eigenvalue weighted by molar-refractivity contribution is -0.243. The van der Waals surface area contributed by atoms with Crippen molar-refractivity contribution in [2.75, 3.05) is 13.2 Å². The summed E-state index contributed by atoms with van der Waals surface area (Å²) in [6.07, 6.45) is -1.82. The summed E-state index contributed by atoms with van der Waals surface area (Å²) < 4.78 is 10.1. The van der Waals surface area contributed by atoms with Gasteiger partial charge in [0.25, 0.3) is 0 Å². The van der Waals surface area contributed by atoms with Gasteiger partial charge in [0.15, 0.2) is 6.29 Å². The summed E-state index contributed by atoms with van der Waals surface area (Å²) in [6.45, 7) is 3.67. The third-order valence-electron chi connectivity index (χ3n) is 2.03. The first-order chi connectivity index (χ1) is 7.20. The van der Waals surface area contributed by atoms with E-state index in [0.29, 0.717) is 0 Å². The monoisotopic (exact) mass is 215 g/mol. The van der Waals surface area contributed by atoms with E-state index in [1.54, 1.807) is 0 Å². The fraction of sp³-hybridized carbons (Fsp3) is 0.750. The van der Waals surface area contributed by atoms with E-state index in [2.05, 4.69) is 16.6 Å². The summed E-state index contributed by atoms with van der Waals surface area (Å²) >= 11 is 0. The highest BCUT2D eigenvalue weighted by atomic mass is 16.7. The number of ether oxygens (including phenoxy) is 2. The summed E-state index contributed by atoms with van der Waals surface area (Å²) in [5.41, 5.74) is 8.20. The van der Waals surface area contributed by atoms with Gasteiger partial charge in [-0.25, -0.2) is 0 Å². The van der Waals surface area contributed by atoms with Gasteiger partial charge in [-0.1, -0.05) is 11.2 Å². The van der Waals surface area contributed by atoms with Crippen LogP contribution in [0.3, 0.4) is 0 Å². The Hall–Kier alpha value is -1.11. The first-order valence-electron chi connectivity index (χ1n) is 4.45. The molecule has 2 N–H and O–H groups in total. The van der Waals surface area contributed by atoms with E-state index in [-0.39, 0.29) is 13.2 Å². The van der Waals surface area contributed by atoms with Crippen molar-refractivity contribution >= 4 is 0 Å². The molecule has 1 saturated heterocycles. The summed E-state index contributed by atoms with van der Waals surface area (Å²) in [7, 11) is 0. The summed E-state index contributed by atoms with van der Waals surface area (Å²) in [4.78, 5) is 2.55. The van der Waals surface area contributed by atoms with Gasteiger partial charge < -0.3 is 19.7 Å². The van der Waals surface area contributed by atoms with Crippen molar-refractivity contribution in [3.63, 3.8) is 0 Å². The van der Waals surface area contributed by atoms with Gasteiger partial charge >= 0.3 is 0 Å². The van der Waals surface area contributed by atoms with Crippen LogP contribution in [-0.4, -0.2) is 48.0 Å². The first-order valence-corrected chi connectivity index (χ1v) is 4.45. The molecule has 4 atom stereocenters. The van der Waals surface area contributed by atoms with Crippen LogP contribution in [-0.2, 0) is 9.47 Å². The average molecular weight is 215 g/mol. The maximum absolute atomic E-state index is 9.54. The zero-order chi connectivity index (χ0) is 11.3. The zero-order valence-corrected chi connectivity index (χ0v) is 8.06. The van der Waals surface area contributed by atoms with Crippen LogP contribution in [0.4, 0.5) is 0 Å². The quantitative estimate of drug-likeness (QED) is 0.296. The van der Waals surface area contributed by atoms with Crippen LogP contribution in [0.1, 0.15) is 0 Å². The van der Waals surface area contributed by atoms with Crippen molar-refractivity contribution < 1.29 is 19.7 Å². The van der Waals surface area contributed by atoms with Gasteiger partial charge in [-0.15, -0.1) is 6.58 Å². The molecular formula is C8H13N3O4. The summed E-state index contributed by atoms with van der Waals surface area (Å²) in [6, 6.07) is -0.784. The van der Waals surface area contributed by atoms with Crippen LogP contribution in [0.2, 0.25) is 0 Å². The number of rotatable bonds is 4. The molecule has 1 aliphatic heterocycles. The Morgan fingerprint density at radius 1 is 1.60 bits per heavy atom. The molecule has 0 aromatic heterocycles. The molecule has 0 aromatic carbocycles. The largest absolute Gasteiger partial charge is 0.390 e. The smallest absolute Gasteiger partial charge is 0.186 e. The molecule has 1 heterocycles. The predicted octanol–water partition coefficient (Wildman–Crippen LogP) is -0.0540. The zero-order valence-electron chi connectivity index (χ0n) is 8.06. The van der Waals surface area contributed by atoms with Gasteiger partial charge in [-0.3, -0.25) is 0 Å². The Balaban J connectivity index is 2.55. The SMILES string of the molecule is C=CCO[C@@H]1OC[C@H](N=[N+]=[N-])C(O)C1O. The van der Waals surface area contributed by atoms with E-state index in [1.165, 1.54) is 6.08 Å². The lowest BCUT2D eigenvalue weighted by Crippen LogP contribution is -2.53. The van der Waals surface area contributed by atoms with Crippen molar-refractivity contribution in [3.05, 3.63) is 23.1 Å². The summed E-state index contributed by atoms with van der Waals surface area (Å²) in [5.74, 6) is 0. The van der Waals surface area contributed by atoms with E-state index in [4.69, 9.17) is 15.0 Å². The minimum Gasteiger partial charge on any atom is -0.390 e. The molecule has 15 heavy (non-hydrogen) atoms. The molecule has 0 saturated carbocycles. The maximum atomic E-state index is 9.54. The molecule has 1 fully saturated rings. The van der Waals surface area contributed by atoms with E-state index >= 15 is 0 Å². The van der Waals surface area contributed by atoms with Crippen molar-refractivity contribution in [1.82, 2.24) is 0 Å². The van der Waals surface area contributed by atoms with Gasteiger partial charge in [-0.05, 0) is 5.53 Å². The number of hydrogen-bond acceptors (Lipinski definition) is 5. The second kappa shape index (κ2) is 5.69. The second-order valence-electron chi connectivity index (χ2n) is 3.08. The molecule has 0 bridgehead atoms. The standard InChI is InChI=1S/C8H13N3O4/c1-2-3-14-8-7(13)6(12)5(4-15-8)10-11-9/h2,5-8,12-13H,1,3-4H2/t5-,6?,7?,8+/m0/s1. The molecule has 0 spiro atoms. The Kier molecular flexibility index (Phi) is 4.54. The minimum absolute atomic E-state index is 0.0180. The lowest BCUT2D eigenvalue weighted by Gasteiger charge is -2.35. The maximum Gasteiger partial charge on any atom is 0.186 e. The van der Waals surface area contributed by atoms with E-state index in [0.717, 1.165) is 0 Å². The average Bonchev–Trinajstić information content (AvgIpc) is 2.24. The van der Waals surface area contributed by atoms with Gasteiger partial charge in [0, 0.05) is 4.91 Å². The topological polar surface area (TPSA) is 108 Å². The van der Waals surface area contributed by atoms with Crippen molar-refractivity contribution in [3.8, 4) is 0 Å². The second-order valence-corrected chi connectivity index (χ2v) is 3.08. The third kappa shape index (κ3) is 2.92. The molecular weight excluding hydrogens is 202 g/mol. The van der Waals surface area contributed by atoms with E-state index in [1.807, 2.05) is 0 Å². The van der Waals surface area contributed by atoms with Crippen LogP contribution in [0.25, 0.3) is 10.4 Å². The lowest BCUT2D eigenvalue weighted by atomic mass is 10.0. The van der Waals surface area contributed by atoms with E-state index in [9.17, 15) is 10.2 Å². The molecule has 0 aliphatic carbocycles. The Morgan fingerprint density at radius 3 is 2.93 bits per heavy atom. The van der Waals surface area contributed by atoms with E-state index < -0.39 is 24.5 Å². The minimum atomic E-state index is -1.23. The van der Waals surface area contributed by atoms with Gasteiger partial charge in [0.05, 0.1) is 25.4 Å². The molecule has 0 amide bonds. The normalized spacial score (nSPS) is 35.6. The highest BCUT2D eigenvalue weighted by Crippen LogP contribution is 2.18. The number of aliphatic hydroxyl groups excluding tert-OH is 2. The molecule has 0 radical (unpaired) electrons. The highest BCUT2D eigenvalue weighted by molar-refractivity contribution is 4.88. The van der Waals surface area contributed by atoms with Crippen LogP contribution < -0.4 is 0 Å². The first kappa shape index (κ1) is 12.0. The molecule has 7 nitrogen and oxygen atoms in total. The van der Waals surface area contributed by atoms with Gasteiger partial charge in [-0.2, -0.15) is 0 Å². The fourth-order valence-corrected chi connectivity index (χ4v) is 1.26. The predicted molar refractivity (Wildman–Crippen MR) is 50.8 cm³/mol. The van der Waals surface area contributed by atoms with Crippen molar-refractivity contribution in [1.29, 1.82) is 0 Å². The molecule has 0 aromatic rings. The van der Waals surface area contributed by atoms with Gasteiger partial charge in [0.2, 0.25) is 0 Å². The molecule has 1 aliphatic rings. The number of nitrogens with zero attached hydrogens (tertiary/aromatic N) is 3. The van der Waals surface area contributed by atoms with Gasteiger partial charge in [0.1, 0.15) is 6.10 Å². The van der Waals surface area contributed by atoms with Crippen molar-refractivity contribution in [2.24, 2.45) is 5.11 Å². The van der Waals surface area contributed by atoms with Crippen LogP contribution in [0.15, 0.2) is 17.8 Å².